The molecule has 4 rings (SSSR count). The fraction of sp³-hybridized carbons (Fsp3) is 0.474. The second kappa shape index (κ2) is 6.55. The van der Waals surface area contributed by atoms with Crippen LogP contribution in [0.2, 0.25) is 0 Å². The highest BCUT2D eigenvalue weighted by molar-refractivity contribution is 7.80. The largest absolute Gasteiger partial charge is 0.357 e. The van der Waals surface area contributed by atoms with Crippen molar-refractivity contribution >= 4 is 17.3 Å². The first-order valence-corrected chi connectivity index (χ1v) is 9.26. The van der Waals surface area contributed by atoms with Crippen LogP contribution in [0.15, 0.2) is 42.9 Å². The second-order valence-corrected chi connectivity index (χ2v) is 7.32. The molecule has 1 saturated carbocycles. The smallest absolute Gasteiger partial charge is 0.170 e. The molecule has 126 valence electrons. The molecule has 2 aromatic rings. The van der Waals surface area contributed by atoms with Crippen molar-refractivity contribution in [2.24, 2.45) is 7.05 Å². The maximum absolute atomic E-state index is 5.76. The third kappa shape index (κ3) is 2.81. The lowest BCUT2D eigenvalue weighted by molar-refractivity contribution is 0.197. The molecule has 0 unspecified atom stereocenters. The van der Waals surface area contributed by atoms with Crippen LogP contribution in [-0.2, 0) is 7.05 Å². The van der Waals surface area contributed by atoms with Crippen molar-refractivity contribution in [1.82, 2.24) is 19.8 Å². The van der Waals surface area contributed by atoms with Crippen molar-refractivity contribution in [3.63, 3.8) is 0 Å². The van der Waals surface area contributed by atoms with Gasteiger partial charge in [-0.1, -0.05) is 25.3 Å². The summed E-state index contributed by atoms with van der Waals surface area (Å²) in [5, 5.41) is 4.44. The predicted octanol–water partition coefficient (Wildman–Crippen LogP) is 3.73. The van der Waals surface area contributed by atoms with E-state index in [1.54, 1.807) is 0 Å². The average Bonchev–Trinajstić information content (AvgIpc) is 3.19. The maximum Gasteiger partial charge on any atom is 0.170 e. The number of hydrogen-bond acceptors (Lipinski definition) is 2. The molecule has 2 aliphatic rings. The maximum atomic E-state index is 5.76. The number of nitrogens with zero attached hydrogens (tertiary/aromatic N) is 3. The lowest BCUT2D eigenvalue weighted by Crippen LogP contribution is -2.40. The second-order valence-electron chi connectivity index (χ2n) is 6.94. The molecule has 1 saturated heterocycles. The fourth-order valence-electron chi connectivity index (χ4n) is 4.17. The quantitative estimate of drug-likeness (QED) is 0.863. The van der Waals surface area contributed by atoms with Crippen LogP contribution in [0.3, 0.4) is 0 Å². The average molecular weight is 340 g/mol. The van der Waals surface area contributed by atoms with Crippen LogP contribution in [0.5, 0.6) is 0 Å². The van der Waals surface area contributed by atoms with Gasteiger partial charge in [-0.3, -0.25) is 4.98 Å². The van der Waals surface area contributed by atoms with E-state index in [4.69, 9.17) is 12.2 Å². The van der Waals surface area contributed by atoms with Crippen LogP contribution in [0, 0.1) is 0 Å². The molecule has 1 N–H and O–H groups in total. The van der Waals surface area contributed by atoms with E-state index >= 15 is 0 Å². The van der Waals surface area contributed by atoms with Gasteiger partial charge in [-0.15, -0.1) is 0 Å². The Morgan fingerprint density at radius 1 is 1.17 bits per heavy atom. The van der Waals surface area contributed by atoms with Gasteiger partial charge >= 0.3 is 0 Å². The summed E-state index contributed by atoms with van der Waals surface area (Å²) in [6, 6.07) is 9.20. The summed E-state index contributed by atoms with van der Waals surface area (Å²) in [5.41, 5.74) is 2.37. The number of thiocarbonyl (C=S) groups is 1. The van der Waals surface area contributed by atoms with Gasteiger partial charge in [0.1, 0.15) is 0 Å². The molecule has 0 aromatic carbocycles. The van der Waals surface area contributed by atoms with Gasteiger partial charge in [0.05, 0.1) is 17.8 Å². The van der Waals surface area contributed by atoms with Gasteiger partial charge < -0.3 is 14.8 Å². The Hall–Kier alpha value is -1.88. The van der Waals surface area contributed by atoms with Crippen LogP contribution < -0.4 is 5.32 Å². The highest BCUT2D eigenvalue weighted by Gasteiger charge is 2.43. The molecule has 2 fully saturated rings. The van der Waals surface area contributed by atoms with Gasteiger partial charge in [0, 0.05) is 31.7 Å². The minimum atomic E-state index is 0.114. The monoisotopic (exact) mass is 340 g/mol. The molecule has 5 heteroatoms. The molecule has 1 aliphatic heterocycles. The number of nitrogens with one attached hydrogen (secondary N) is 1. The minimum absolute atomic E-state index is 0.114. The van der Waals surface area contributed by atoms with Crippen LogP contribution in [0.25, 0.3) is 0 Å². The summed E-state index contributed by atoms with van der Waals surface area (Å²) in [4.78, 5) is 7.06. The first-order chi connectivity index (χ1) is 11.7. The molecule has 24 heavy (non-hydrogen) atoms. The number of hydrogen-bond donors (Lipinski definition) is 1. The van der Waals surface area contributed by atoms with Gasteiger partial charge in [-0.25, -0.2) is 0 Å². The Balaban J connectivity index is 1.73. The molecule has 0 amide bonds. The molecule has 1 aliphatic carbocycles. The molecule has 2 atom stereocenters. The van der Waals surface area contributed by atoms with Gasteiger partial charge in [-0.05, 0) is 48.8 Å². The van der Waals surface area contributed by atoms with E-state index < -0.39 is 0 Å². The van der Waals surface area contributed by atoms with Crippen LogP contribution in [0.4, 0.5) is 0 Å². The van der Waals surface area contributed by atoms with Gasteiger partial charge in [0.2, 0.25) is 0 Å². The summed E-state index contributed by atoms with van der Waals surface area (Å²) in [7, 11) is 2.07. The zero-order chi connectivity index (χ0) is 16.5. The Bertz CT molecular complexity index is 705. The van der Waals surface area contributed by atoms with E-state index in [1.165, 1.54) is 37.7 Å². The Morgan fingerprint density at radius 3 is 2.67 bits per heavy atom. The summed E-state index contributed by atoms with van der Waals surface area (Å²) in [6.07, 6.45) is 12.6. The van der Waals surface area contributed by atoms with Crippen molar-refractivity contribution in [3.8, 4) is 0 Å². The lowest BCUT2D eigenvalue weighted by Gasteiger charge is -2.36. The van der Waals surface area contributed by atoms with Crippen molar-refractivity contribution in [2.45, 2.75) is 50.2 Å². The fourth-order valence-corrected chi connectivity index (χ4v) is 4.56. The minimum Gasteiger partial charge on any atom is -0.357 e. The highest BCUT2D eigenvalue weighted by atomic mass is 32.1. The molecule has 0 radical (unpaired) electrons. The Morgan fingerprint density at radius 2 is 2.00 bits per heavy atom. The topological polar surface area (TPSA) is 33.1 Å². The third-order valence-electron chi connectivity index (χ3n) is 5.30. The number of aromatic nitrogens is 2. The van der Waals surface area contributed by atoms with Crippen LogP contribution in [0.1, 0.15) is 55.4 Å². The van der Waals surface area contributed by atoms with Gasteiger partial charge in [0.25, 0.3) is 0 Å². The van der Waals surface area contributed by atoms with Crippen molar-refractivity contribution in [1.29, 1.82) is 0 Å². The molecule has 4 nitrogen and oxygen atoms in total. The van der Waals surface area contributed by atoms with E-state index in [-0.39, 0.29) is 12.1 Å². The number of pyridine rings is 1. The lowest BCUT2D eigenvalue weighted by atomic mass is 9.91. The SMILES string of the molecule is Cn1ccc([C@@H]2[C@H](c3ccccn3)NC(=S)N2C2CCCCC2)c1. The summed E-state index contributed by atoms with van der Waals surface area (Å²) in [5.74, 6) is 0. The van der Waals surface area contributed by atoms with E-state index in [0.29, 0.717) is 6.04 Å². The summed E-state index contributed by atoms with van der Waals surface area (Å²) < 4.78 is 2.12. The summed E-state index contributed by atoms with van der Waals surface area (Å²) >= 11 is 5.76. The molecule has 0 bridgehead atoms. The first-order valence-electron chi connectivity index (χ1n) is 8.85. The van der Waals surface area contributed by atoms with Crippen LogP contribution >= 0.6 is 12.2 Å². The van der Waals surface area contributed by atoms with E-state index in [9.17, 15) is 0 Å². The van der Waals surface area contributed by atoms with Crippen molar-refractivity contribution < 1.29 is 0 Å². The highest BCUT2D eigenvalue weighted by Crippen LogP contribution is 2.42. The zero-order valence-corrected chi connectivity index (χ0v) is 14.9. The van der Waals surface area contributed by atoms with Crippen LogP contribution in [-0.4, -0.2) is 25.6 Å². The predicted molar refractivity (Wildman–Crippen MR) is 99.6 cm³/mol. The molecule has 0 spiro atoms. The Kier molecular flexibility index (Phi) is 4.27. The number of aryl methyl sites for hydroxylation is 1. The molecular weight excluding hydrogens is 316 g/mol. The standard InChI is InChI=1S/C19H24N4S/c1-22-12-10-14(13-22)18-17(16-9-5-6-11-20-16)21-19(24)23(18)15-7-3-2-4-8-15/h5-6,9-13,15,17-18H,2-4,7-8H2,1H3,(H,21,24)/t17-,18+/m0/s1. The van der Waals surface area contributed by atoms with Gasteiger partial charge in [-0.2, -0.15) is 0 Å². The third-order valence-corrected chi connectivity index (χ3v) is 5.63. The van der Waals surface area contributed by atoms with Crippen molar-refractivity contribution in [3.05, 3.63) is 54.1 Å². The van der Waals surface area contributed by atoms with E-state index in [2.05, 4.69) is 57.4 Å². The normalized spacial score (nSPS) is 25.0. The summed E-state index contributed by atoms with van der Waals surface area (Å²) in [6.45, 7) is 0. The molecule has 2 aromatic heterocycles. The van der Waals surface area contributed by atoms with Crippen molar-refractivity contribution in [2.75, 3.05) is 0 Å². The molecule has 3 heterocycles. The Labute approximate surface area is 148 Å². The molecular formula is C19H24N4S. The van der Waals surface area contributed by atoms with Gasteiger partial charge in [0.15, 0.2) is 5.11 Å². The van der Waals surface area contributed by atoms with E-state index in [1.807, 2.05) is 12.3 Å². The first kappa shape index (κ1) is 15.6. The van der Waals surface area contributed by atoms with E-state index in [0.717, 1.165) is 10.8 Å². The number of rotatable bonds is 3. The zero-order valence-electron chi connectivity index (χ0n) is 14.1.